The Morgan fingerprint density at radius 1 is 0.840 bits per heavy atom. The summed E-state index contributed by atoms with van der Waals surface area (Å²) in [7, 11) is 0. The molecule has 1 atom stereocenters. The Morgan fingerprint density at radius 2 is 1.36 bits per heavy atom. The Kier molecular flexibility index (Phi) is 19.7. The Morgan fingerprint density at radius 3 is 1.92 bits per heavy atom. The molecule has 0 rings (SSSR count). The first-order valence-corrected chi connectivity index (χ1v) is 11.7. The van der Waals surface area contributed by atoms with Crippen LogP contribution >= 0.6 is 0 Å². The van der Waals surface area contributed by atoms with Crippen molar-refractivity contribution in [3.05, 3.63) is 12.2 Å². The maximum atomic E-state index is 11.6. The molecule has 0 aromatic rings. The van der Waals surface area contributed by atoms with Crippen molar-refractivity contribution in [3.8, 4) is 0 Å². The molecule has 0 amide bonds. The number of carbonyl (C=O) groups is 1. The molecule has 0 fully saturated rings. The van der Waals surface area contributed by atoms with Gasteiger partial charge in [0.1, 0.15) is 5.75 Å². The van der Waals surface area contributed by atoms with Crippen LogP contribution in [-0.2, 0) is 16.0 Å². The van der Waals surface area contributed by atoms with E-state index in [1.54, 1.807) is 0 Å². The van der Waals surface area contributed by atoms with Crippen LogP contribution < -0.4 is 0 Å². The monoisotopic (exact) mass is 372 g/mol. The topological polar surface area (TPSA) is 60.4 Å². The number of rotatable bonds is 18. The van der Waals surface area contributed by atoms with E-state index >= 15 is 0 Å². The molecule has 0 saturated carbocycles. The van der Waals surface area contributed by atoms with Gasteiger partial charge < -0.3 is 9.66 Å². The van der Waals surface area contributed by atoms with E-state index in [4.69, 9.17) is 5.11 Å². The van der Waals surface area contributed by atoms with Gasteiger partial charge >= 0.3 is 5.12 Å². The molecule has 0 spiro atoms. The van der Waals surface area contributed by atoms with Crippen molar-refractivity contribution in [2.75, 3.05) is 12.4 Å². The number of aliphatic hydroxyl groups is 1. The predicted octanol–water partition coefficient (Wildman–Crippen LogP) is 5.68. The number of unbranched alkanes of at least 4 members (excludes halogenated alkanes) is 11. The molecular weight excluding hydrogens is 332 g/mol. The summed E-state index contributed by atoms with van der Waals surface area (Å²) < 4.78 is 11.5. The molecule has 3 nitrogen and oxygen atoms in total. The predicted molar refractivity (Wildman–Crippen MR) is 109 cm³/mol. The second kappa shape index (κ2) is 20.0. The number of allylic oxidation sites excluding steroid dienone is 2. The van der Waals surface area contributed by atoms with Gasteiger partial charge in [-0.05, 0) is 32.1 Å². The molecule has 0 heterocycles. The highest BCUT2D eigenvalue weighted by Gasteiger charge is 2.17. The second-order valence-corrected chi connectivity index (χ2v) is 8.39. The Bertz CT molecular complexity index is 318. The van der Waals surface area contributed by atoms with E-state index in [9.17, 15) is 9.35 Å². The number of hydrogen-bond acceptors (Lipinski definition) is 3. The lowest BCUT2D eigenvalue weighted by molar-refractivity contribution is -0.111. The minimum Gasteiger partial charge on any atom is -0.609 e. The fraction of sp³-hybridized carbons (Fsp3) is 0.857. The Balaban J connectivity index is 3.27. The van der Waals surface area contributed by atoms with Gasteiger partial charge in [0.15, 0.2) is 0 Å². The highest BCUT2D eigenvalue weighted by Crippen LogP contribution is 2.11. The van der Waals surface area contributed by atoms with Crippen molar-refractivity contribution in [2.24, 2.45) is 0 Å². The van der Waals surface area contributed by atoms with Gasteiger partial charge in [-0.1, -0.05) is 70.4 Å². The van der Waals surface area contributed by atoms with Crippen molar-refractivity contribution in [3.63, 3.8) is 0 Å². The van der Waals surface area contributed by atoms with Crippen molar-refractivity contribution in [1.82, 2.24) is 0 Å². The molecular formula is C21H40O3S. The zero-order valence-corrected chi connectivity index (χ0v) is 17.2. The Hall–Kier alpha value is -0.320. The summed E-state index contributed by atoms with van der Waals surface area (Å²) in [4.78, 5) is 11.6. The van der Waals surface area contributed by atoms with Gasteiger partial charge in [0, 0.05) is 24.2 Å². The van der Waals surface area contributed by atoms with Gasteiger partial charge in [-0.3, -0.25) is 0 Å². The molecule has 0 aliphatic carbocycles. The maximum absolute atomic E-state index is 11.6. The van der Waals surface area contributed by atoms with Gasteiger partial charge in [-0.25, -0.2) is 4.79 Å². The van der Waals surface area contributed by atoms with Crippen LogP contribution in [0.15, 0.2) is 12.2 Å². The third-order valence-corrected chi connectivity index (χ3v) is 5.76. The molecule has 1 unspecified atom stereocenters. The second-order valence-electron chi connectivity index (χ2n) is 6.83. The molecule has 1 N–H and O–H groups in total. The van der Waals surface area contributed by atoms with Crippen LogP contribution in [0.2, 0.25) is 0 Å². The smallest absolute Gasteiger partial charge is 0.328 e. The average molecular weight is 373 g/mol. The zero-order chi connectivity index (χ0) is 18.6. The molecule has 4 heteroatoms. The molecule has 0 aliphatic heterocycles. The third kappa shape index (κ3) is 18.3. The molecule has 0 saturated heterocycles. The van der Waals surface area contributed by atoms with E-state index in [0.29, 0.717) is 18.6 Å². The first kappa shape index (κ1) is 24.7. The van der Waals surface area contributed by atoms with Crippen LogP contribution in [0.5, 0.6) is 0 Å². The van der Waals surface area contributed by atoms with Gasteiger partial charge in [0.25, 0.3) is 0 Å². The zero-order valence-electron chi connectivity index (χ0n) is 16.3. The molecule has 148 valence electrons. The molecule has 0 aromatic carbocycles. The summed E-state index contributed by atoms with van der Waals surface area (Å²) in [5.41, 5.74) is 0. The normalized spacial score (nSPS) is 12.8. The van der Waals surface area contributed by atoms with Crippen molar-refractivity contribution in [2.45, 2.75) is 103 Å². The Labute approximate surface area is 158 Å². The first-order valence-electron chi connectivity index (χ1n) is 10.4. The summed E-state index contributed by atoms with van der Waals surface area (Å²) in [5, 5.41) is 8.52. The van der Waals surface area contributed by atoms with Gasteiger partial charge in [0.05, 0.1) is 6.42 Å². The summed E-state index contributed by atoms with van der Waals surface area (Å²) >= 11 is -1.39. The van der Waals surface area contributed by atoms with E-state index in [2.05, 4.69) is 19.1 Å². The van der Waals surface area contributed by atoms with Gasteiger partial charge in [-0.15, -0.1) is 0 Å². The summed E-state index contributed by atoms with van der Waals surface area (Å²) in [6.45, 7) is 2.26. The minimum atomic E-state index is -1.39. The van der Waals surface area contributed by atoms with Gasteiger partial charge in [-0.2, -0.15) is 0 Å². The molecule has 0 aliphatic rings. The van der Waals surface area contributed by atoms with E-state index in [1.807, 2.05) is 0 Å². The molecule has 0 bridgehead atoms. The van der Waals surface area contributed by atoms with Gasteiger partial charge in [0.2, 0.25) is 0 Å². The quantitative estimate of drug-likeness (QED) is 0.191. The first-order chi connectivity index (χ1) is 12.2. The van der Waals surface area contributed by atoms with E-state index < -0.39 is 11.2 Å². The summed E-state index contributed by atoms with van der Waals surface area (Å²) in [6, 6.07) is 0. The summed E-state index contributed by atoms with van der Waals surface area (Å²) in [5.74, 6) is 0.306. The van der Waals surface area contributed by atoms with Crippen LogP contribution in [0.3, 0.4) is 0 Å². The van der Waals surface area contributed by atoms with E-state index in [1.165, 1.54) is 64.2 Å². The fourth-order valence-corrected chi connectivity index (χ4v) is 3.75. The van der Waals surface area contributed by atoms with Crippen LogP contribution in [0.1, 0.15) is 103 Å². The summed E-state index contributed by atoms with van der Waals surface area (Å²) in [6.07, 6.45) is 21.6. The van der Waals surface area contributed by atoms with Crippen molar-refractivity contribution in [1.29, 1.82) is 0 Å². The number of aliphatic hydroxyl groups excluding tert-OH is 1. The number of hydrogen-bond donors (Lipinski definition) is 1. The van der Waals surface area contributed by atoms with Crippen LogP contribution in [0.4, 0.5) is 0 Å². The SMILES string of the molecule is CCCCCCCC/C=C\CCCCCCCC(=O)[S+]([O-])CCCO. The average Bonchev–Trinajstić information content (AvgIpc) is 2.62. The standard InChI is InChI=1S/C21H40O3S/c1-2-3-4-5-6-7-8-9-10-11-12-13-14-15-16-18-21(23)25(24)20-17-19-22/h9-10,22H,2-8,11-20H2,1H3/b10-9-. The van der Waals surface area contributed by atoms with Crippen LogP contribution in [0.25, 0.3) is 0 Å². The minimum absolute atomic E-state index is 0.00637. The molecule has 25 heavy (non-hydrogen) atoms. The van der Waals surface area contributed by atoms with Crippen LogP contribution in [0, 0.1) is 0 Å². The highest BCUT2D eigenvalue weighted by molar-refractivity contribution is 8.06. The van der Waals surface area contributed by atoms with Crippen LogP contribution in [-0.4, -0.2) is 27.1 Å². The largest absolute Gasteiger partial charge is 0.609 e. The van der Waals surface area contributed by atoms with Crippen molar-refractivity contribution < 1.29 is 14.5 Å². The lowest BCUT2D eigenvalue weighted by Gasteiger charge is -2.07. The van der Waals surface area contributed by atoms with E-state index in [-0.39, 0.29) is 11.7 Å². The van der Waals surface area contributed by atoms with Crippen molar-refractivity contribution >= 4 is 16.3 Å². The fourth-order valence-electron chi connectivity index (χ4n) is 2.76. The lowest BCUT2D eigenvalue weighted by Crippen LogP contribution is -2.18. The molecule has 0 radical (unpaired) electrons. The lowest BCUT2D eigenvalue weighted by atomic mass is 10.1. The van der Waals surface area contributed by atoms with E-state index in [0.717, 1.165) is 19.3 Å². The highest BCUT2D eigenvalue weighted by atomic mass is 32.2. The number of carbonyl (C=O) groups excluding carboxylic acids is 1. The molecule has 0 aromatic heterocycles. The third-order valence-electron chi connectivity index (χ3n) is 4.38. The maximum Gasteiger partial charge on any atom is 0.328 e.